The molecule has 0 radical (unpaired) electrons. The summed E-state index contributed by atoms with van der Waals surface area (Å²) in [4.78, 5) is 6.73. The highest BCUT2D eigenvalue weighted by molar-refractivity contribution is 5.92. The summed E-state index contributed by atoms with van der Waals surface area (Å²) in [7, 11) is 0. The molecular weight excluding hydrogens is 324 g/mol. The van der Waals surface area contributed by atoms with Crippen molar-refractivity contribution in [1.82, 2.24) is 4.90 Å². The van der Waals surface area contributed by atoms with Gasteiger partial charge in [-0.1, -0.05) is 43.7 Å². The second kappa shape index (κ2) is 10.5. The predicted molar refractivity (Wildman–Crippen MR) is 110 cm³/mol. The third-order valence-corrected chi connectivity index (χ3v) is 4.25. The molecule has 0 bridgehead atoms. The Morgan fingerprint density at radius 3 is 2.31 bits per heavy atom. The molecule has 0 heterocycles. The zero-order chi connectivity index (χ0) is 18.8. The van der Waals surface area contributed by atoms with Gasteiger partial charge in [-0.2, -0.15) is 0 Å². The molecule has 0 saturated carbocycles. The monoisotopic (exact) mass is 354 g/mol. The Bertz CT molecular complexity index is 676. The molecule has 0 aliphatic rings. The smallest absolute Gasteiger partial charge is 0.193 e. The van der Waals surface area contributed by atoms with E-state index in [-0.39, 0.29) is 0 Å². The molecule has 2 aromatic carbocycles. The number of nitrogens with two attached hydrogens (primary N) is 1. The van der Waals surface area contributed by atoms with Gasteiger partial charge in [-0.05, 0) is 49.8 Å². The number of hydrogen-bond donors (Lipinski definition) is 2. The first-order valence-corrected chi connectivity index (χ1v) is 9.18. The van der Waals surface area contributed by atoms with Crippen molar-refractivity contribution < 1.29 is 4.74 Å². The number of likely N-dealkylation sites (N-methyl/N-ethyl adjacent to an activating group) is 1. The van der Waals surface area contributed by atoms with Crippen LogP contribution in [0.3, 0.4) is 0 Å². The van der Waals surface area contributed by atoms with Crippen molar-refractivity contribution in [3.8, 4) is 5.75 Å². The summed E-state index contributed by atoms with van der Waals surface area (Å²) in [5.74, 6) is 1.30. The second-order valence-corrected chi connectivity index (χ2v) is 6.21. The molecule has 3 N–H and O–H groups in total. The zero-order valence-electron chi connectivity index (χ0n) is 16.0. The SMILES string of the molecule is CCN(CC)CCOc1ccc(CN=C(N)Nc2ccc(C)cc2)cc1. The lowest BCUT2D eigenvalue weighted by Gasteiger charge is -2.18. The third-order valence-electron chi connectivity index (χ3n) is 4.25. The van der Waals surface area contributed by atoms with Crippen molar-refractivity contribution in [2.24, 2.45) is 10.7 Å². The zero-order valence-corrected chi connectivity index (χ0v) is 16.0. The van der Waals surface area contributed by atoms with Crippen LogP contribution < -0.4 is 15.8 Å². The molecule has 0 aliphatic carbocycles. The fourth-order valence-electron chi connectivity index (χ4n) is 2.52. The van der Waals surface area contributed by atoms with E-state index in [0.29, 0.717) is 19.1 Å². The minimum atomic E-state index is 0.411. The molecule has 0 aromatic heterocycles. The number of aliphatic imine (C=N–C) groups is 1. The number of ether oxygens (including phenoxy) is 1. The van der Waals surface area contributed by atoms with Crippen LogP contribution in [-0.2, 0) is 6.54 Å². The largest absolute Gasteiger partial charge is 0.492 e. The van der Waals surface area contributed by atoms with Crippen LogP contribution in [-0.4, -0.2) is 37.1 Å². The van der Waals surface area contributed by atoms with Crippen molar-refractivity contribution in [1.29, 1.82) is 0 Å². The van der Waals surface area contributed by atoms with Gasteiger partial charge in [0.2, 0.25) is 0 Å². The van der Waals surface area contributed by atoms with Gasteiger partial charge in [-0.25, -0.2) is 4.99 Å². The Morgan fingerprint density at radius 2 is 1.69 bits per heavy atom. The molecule has 0 atom stereocenters. The molecule has 5 nitrogen and oxygen atoms in total. The molecule has 0 saturated heterocycles. The van der Waals surface area contributed by atoms with Crippen LogP contribution in [0.1, 0.15) is 25.0 Å². The van der Waals surface area contributed by atoms with Crippen molar-refractivity contribution in [3.05, 3.63) is 59.7 Å². The van der Waals surface area contributed by atoms with E-state index in [9.17, 15) is 0 Å². The average Bonchev–Trinajstić information content (AvgIpc) is 2.66. The van der Waals surface area contributed by atoms with E-state index in [2.05, 4.69) is 36.0 Å². The fourth-order valence-corrected chi connectivity index (χ4v) is 2.52. The van der Waals surface area contributed by atoms with Gasteiger partial charge in [0.25, 0.3) is 0 Å². The van der Waals surface area contributed by atoms with E-state index in [1.807, 2.05) is 48.5 Å². The molecule has 140 valence electrons. The van der Waals surface area contributed by atoms with Crippen LogP contribution in [0.15, 0.2) is 53.5 Å². The minimum Gasteiger partial charge on any atom is -0.492 e. The van der Waals surface area contributed by atoms with Crippen LogP contribution in [0.2, 0.25) is 0 Å². The lowest BCUT2D eigenvalue weighted by molar-refractivity contribution is 0.223. The second-order valence-electron chi connectivity index (χ2n) is 6.21. The molecule has 5 heteroatoms. The summed E-state index contributed by atoms with van der Waals surface area (Å²) in [6.45, 7) is 10.7. The predicted octanol–water partition coefficient (Wildman–Crippen LogP) is 3.64. The topological polar surface area (TPSA) is 62.9 Å². The summed E-state index contributed by atoms with van der Waals surface area (Å²) in [6, 6.07) is 16.1. The molecule has 0 unspecified atom stereocenters. The van der Waals surface area contributed by atoms with E-state index in [1.165, 1.54) is 5.56 Å². The first-order chi connectivity index (χ1) is 12.6. The molecule has 0 fully saturated rings. The van der Waals surface area contributed by atoms with E-state index in [0.717, 1.165) is 36.6 Å². The number of rotatable bonds is 9. The maximum Gasteiger partial charge on any atom is 0.193 e. The summed E-state index contributed by atoms with van der Waals surface area (Å²) < 4.78 is 5.79. The van der Waals surface area contributed by atoms with Gasteiger partial charge in [0.05, 0.1) is 6.54 Å². The number of guanidine groups is 1. The highest BCUT2D eigenvalue weighted by atomic mass is 16.5. The Hall–Kier alpha value is -2.53. The van der Waals surface area contributed by atoms with Gasteiger partial charge < -0.3 is 20.7 Å². The van der Waals surface area contributed by atoms with Crippen LogP contribution in [0.5, 0.6) is 5.75 Å². The van der Waals surface area contributed by atoms with Crippen LogP contribution in [0.25, 0.3) is 0 Å². The standard InChI is InChI=1S/C21H30N4O/c1-4-25(5-2)14-15-26-20-12-8-18(9-13-20)16-23-21(22)24-19-10-6-17(3)7-11-19/h6-13H,4-5,14-16H2,1-3H3,(H3,22,23,24). The first kappa shape index (κ1) is 19.8. The van der Waals surface area contributed by atoms with Crippen molar-refractivity contribution in [2.75, 3.05) is 31.6 Å². The number of benzene rings is 2. The Kier molecular flexibility index (Phi) is 7.96. The molecule has 0 spiro atoms. The van der Waals surface area contributed by atoms with Gasteiger partial charge in [0, 0.05) is 12.2 Å². The quantitative estimate of drug-likeness (QED) is 0.533. The Balaban J connectivity index is 1.79. The van der Waals surface area contributed by atoms with E-state index < -0.39 is 0 Å². The van der Waals surface area contributed by atoms with E-state index in [4.69, 9.17) is 10.5 Å². The molecule has 0 amide bonds. The Labute approximate surface area is 156 Å². The maximum atomic E-state index is 5.95. The fraction of sp³-hybridized carbons (Fsp3) is 0.381. The molecule has 26 heavy (non-hydrogen) atoms. The van der Waals surface area contributed by atoms with Crippen LogP contribution in [0, 0.1) is 6.92 Å². The normalized spacial score (nSPS) is 11.6. The lowest BCUT2D eigenvalue weighted by atomic mass is 10.2. The van der Waals surface area contributed by atoms with Crippen molar-refractivity contribution >= 4 is 11.6 Å². The average molecular weight is 354 g/mol. The molecule has 2 rings (SSSR count). The number of nitrogens with zero attached hydrogens (tertiary/aromatic N) is 2. The summed E-state index contributed by atoms with van der Waals surface area (Å²) in [6.07, 6.45) is 0. The van der Waals surface area contributed by atoms with E-state index >= 15 is 0 Å². The van der Waals surface area contributed by atoms with Gasteiger partial charge in [-0.15, -0.1) is 0 Å². The van der Waals surface area contributed by atoms with Crippen LogP contribution in [0.4, 0.5) is 5.69 Å². The van der Waals surface area contributed by atoms with Crippen molar-refractivity contribution in [2.45, 2.75) is 27.3 Å². The number of anilines is 1. The van der Waals surface area contributed by atoms with Gasteiger partial charge in [0.1, 0.15) is 12.4 Å². The molecule has 0 aliphatic heterocycles. The van der Waals surface area contributed by atoms with Crippen LogP contribution >= 0.6 is 0 Å². The number of hydrogen-bond acceptors (Lipinski definition) is 3. The number of nitrogens with one attached hydrogen (secondary N) is 1. The van der Waals surface area contributed by atoms with E-state index in [1.54, 1.807) is 0 Å². The Morgan fingerprint density at radius 1 is 1.04 bits per heavy atom. The lowest BCUT2D eigenvalue weighted by Crippen LogP contribution is -2.27. The minimum absolute atomic E-state index is 0.411. The van der Waals surface area contributed by atoms with Gasteiger partial charge in [-0.3, -0.25) is 0 Å². The van der Waals surface area contributed by atoms with Crippen molar-refractivity contribution in [3.63, 3.8) is 0 Å². The van der Waals surface area contributed by atoms with Gasteiger partial charge >= 0.3 is 0 Å². The number of aryl methyl sites for hydroxylation is 1. The molecular formula is C21H30N4O. The van der Waals surface area contributed by atoms with Gasteiger partial charge in [0.15, 0.2) is 5.96 Å². The summed E-state index contributed by atoms with van der Waals surface area (Å²) >= 11 is 0. The summed E-state index contributed by atoms with van der Waals surface area (Å²) in [5.41, 5.74) is 9.20. The highest BCUT2D eigenvalue weighted by Gasteiger charge is 2.00. The molecule has 2 aromatic rings. The highest BCUT2D eigenvalue weighted by Crippen LogP contribution is 2.13. The summed E-state index contributed by atoms with van der Waals surface area (Å²) in [5, 5.41) is 3.10. The first-order valence-electron chi connectivity index (χ1n) is 9.18. The third kappa shape index (κ3) is 6.76. The maximum absolute atomic E-state index is 5.95.